The van der Waals surface area contributed by atoms with Gasteiger partial charge in [0.2, 0.25) is 0 Å². The minimum atomic E-state index is -0.155. The Balaban J connectivity index is 1.41. The van der Waals surface area contributed by atoms with Crippen LogP contribution >= 0.6 is 0 Å². The lowest BCUT2D eigenvalue weighted by Crippen LogP contribution is -2.25. The summed E-state index contributed by atoms with van der Waals surface area (Å²) in [7, 11) is 0. The lowest BCUT2D eigenvalue weighted by atomic mass is 10.1. The summed E-state index contributed by atoms with van der Waals surface area (Å²) in [6, 6.07) is 17.6. The molecule has 1 fully saturated rings. The fraction of sp³-hybridized carbons (Fsp3) is 0.360. The fourth-order valence-electron chi connectivity index (χ4n) is 3.90. The number of nitrogens with one attached hydrogen (secondary N) is 1. The Morgan fingerprint density at radius 1 is 1.16 bits per heavy atom. The predicted molar refractivity (Wildman–Crippen MR) is 119 cm³/mol. The number of hydrogen-bond donors (Lipinski definition) is 1. The van der Waals surface area contributed by atoms with E-state index in [2.05, 4.69) is 22.5 Å². The van der Waals surface area contributed by atoms with Gasteiger partial charge in [0, 0.05) is 24.4 Å². The second-order valence-electron chi connectivity index (χ2n) is 7.92. The van der Waals surface area contributed by atoms with Gasteiger partial charge in [-0.3, -0.25) is 9.48 Å². The van der Waals surface area contributed by atoms with Crippen LogP contribution in [-0.2, 0) is 17.8 Å². The highest BCUT2D eigenvalue weighted by molar-refractivity contribution is 5.96. The Morgan fingerprint density at radius 3 is 2.71 bits per heavy atom. The highest BCUT2D eigenvalue weighted by Gasteiger charge is 2.19. The maximum Gasteiger partial charge on any atom is 0.255 e. The van der Waals surface area contributed by atoms with E-state index in [0.717, 1.165) is 36.4 Å². The molecular formula is C25H29N3O3. The zero-order valence-electron chi connectivity index (χ0n) is 18.1. The second-order valence-corrected chi connectivity index (χ2v) is 7.92. The van der Waals surface area contributed by atoms with Crippen LogP contribution in [0, 0.1) is 13.8 Å². The molecule has 1 aliphatic rings. The number of carbonyl (C=O) groups excluding carboxylic acids is 1. The first kappa shape index (κ1) is 21.1. The van der Waals surface area contributed by atoms with E-state index < -0.39 is 0 Å². The zero-order chi connectivity index (χ0) is 21.6. The van der Waals surface area contributed by atoms with Crippen molar-refractivity contribution in [2.75, 3.05) is 13.2 Å². The summed E-state index contributed by atoms with van der Waals surface area (Å²) < 4.78 is 13.5. The Kier molecular flexibility index (Phi) is 6.67. The van der Waals surface area contributed by atoms with Gasteiger partial charge in [0.1, 0.15) is 12.4 Å². The molecule has 6 nitrogen and oxygen atoms in total. The Hall–Kier alpha value is -3.12. The van der Waals surface area contributed by atoms with Gasteiger partial charge >= 0.3 is 0 Å². The fourth-order valence-corrected chi connectivity index (χ4v) is 3.90. The molecular weight excluding hydrogens is 390 g/mol. The first-order valence-corrected chi connectivity index (χ1v) is 10.8. The minimum absolute atomic E-state index is 0.108. The molecule has 0 radical (unpaired) electrons. The average molecular weight is 420 g/mol. The molecule has 1 atom stereocenters. The second kappa shape index (κ2) is 9.79. The number of nitrogens with zero attached hydrogens (tertiary/aromatic N) is 2. The van der Waals surface area contributed by atoms with Crippen LogP contribution in [0.2, 0.25) is 0 Å². The number of aryl methyl sites for hydroxylation is 1. The molecule has 3 aromatic rings. The van der Waals surface area contributed by atoms with Crippen LogP contribution in [0.5, 0.6) is 5.75 Å². The first-order valence-electron chi connectivity index (χ1n) is 10.8. The largest absolute Gasteiger partial charge is 0.490 e. The summed E-state index contributed by atoms with van der Waals surface area (Å²) in [5, 5.41) is 7.71. The number of rotatable bonds is 8. The summed E-state index contributed by atoms with van der Waals surface area (Å²) in [6.07, 6.45) is 2.17. The molecule has 0 spiro atoms. The molecule has 2 heterocycles. The molecule has 31 heavy (non-hydrogen) atoms. The maximum atomic E-state index is 12.9. The van der Waals surface area contributed by atoms with E-state index in [1.807, 2.05) is 54.9 Å². The van der Waals surface area contributed by atoms with Crippen LogP contribution in [0.3, 0.4) is 0 Å². The van der Waals surface area contributed by atoms with Gasteiger partial charge in [0.15, 0.2) is 0 Å². The van der Waals surface area contributed by atoms with Gasteiger partial charge in [0.25, 0.3) is 5.91 Å². The summed E-state index contributed by atoms with van der Waals surface area (Å²) >= 11 is 0. The van der Waals surface area contributed by atoms with E-state index in [1.54, 1.807) is 6.07 Å². The lowest BCUT2D eigenvalue weighted by Gasteiger charge is -2.14. The molecule has 1 aliphatic heterocycles. The van der Waals surface area contributed by atoms with Crippen molar-refractivity contribution in [3.05, 3.63) is 82.7 Å². The van der Waals surface area contributed by atoms with Crippen molar-refractivity contribution in [2.24, 2.45) is 0 Å². The number of ether oxygens (including phenoxy) is 2. The molecule has 0 bridgehead atoms. The number of aromatic nitrogens is 2. The minimum Gasteiger partial charge on any atom is -0.490 e. The zero-order valence-corrected chi connectivity index (χ0v) is 18.1. The molecule has 0 saturated carbocycles. The predicted octanol–water partition coefficient (Wildman–Crippen LogP) is 4.04. The van der Waals surface area contributed by atoms with Crippen LogP contribution in [0.4, 0.5) is 0 Å². The Morgan fingerprint density at radius 2 is 1.94 bits per heavy atom. The van der Waals surface area contributed by atoms with Crippen LogP contribution in [0.25, 0.3) is 0 Å². The van der Waals surface area contributed by atoms with Gasteiger partial charge in [-0.25, -0.2) is 0 Å². The van der Waals surface area contributed by atoms with Gasteiger partial charge in [-0.2, -0.15) is 5.10 Å². The molecule has 4 rings (SSSR count). The van der Waals surface area contributed by atoms with Crippen molar-refractivity contribution in [1.82, 2.24) is 15.1 Å². The SMILES string of the molecule is Cc1nn(Cc2ccccc2)c(C)c1CNC(=O)c1ccccc1OCC1CCCO1. The average Bonchev–Trinajstić information content (AvgIpc) is 3.40. The van der Waals surface area contributed by atoms with Gasteiger partial charge in [-0.05, 0) is 44.4 Å². The van der Waals surface area contributed by atoms with E-state index in [1.165, 1.54) is 5.56 Å². The molecule has 1 amide bonds. The van der Waals surface area contributed by atoms with Crippen molar-refractivity contribution >= 4 is 5.91 Å². The first-order chi connectivity index (χ1) is 15.1. The van der Waals surface area contributed by atoms with E-state index >= 15 is 0 Å². The van der Waals surface area contributed by atoms with E-state index in [0.29, 0.717) is 31.0 Å². The summed E-state index contributed by atoms with van der Waals surface area (Å²) in [4.78, 5) is 12.9. The molecule has 1 unspecified atom stereocenters. The van der Waals surface area contributed by atoms with Crippen molar-refractivity contribution in [2.45, 2.75) is 45.9 Å². The number of benzene rings is 2. The molecule has 162 valence electrons. The third-order valence-electron chi connectivity index (χ3n) is 5.71. The standard InChI is InChI=1S/C25H29N3O3/c1-18-23(19(2)28(27-18)16-20-9-4-3-5-10-20)15-26-25(29)22-12-6-7-13-24(22)31-17-21-11-8-14-30-21/h3-7,9-10,12-13,21H,8,11,14-17H2,1-2H3,(H,26,29). The lowest BCUT2D eigenvalue weighted by molar-refractivity contribution is 0.0670. The highest BCUT2D eigenvalue weighted by atomic mass is 16.5. The highest BCUT2D eigenvalue weighted by Crippen LogP contribution is 2.21. The smallest absolute Gasteiger partial charge is 0.255 e. The van der Waals surface area contributed by atoms with Crippen LogP contribution in [0.15, 0.2) is 54.6 Å². The number of hydrogen-bond acceptors (Lipinski definition) is 4. The topological polar surface area (TPSA) is 65.4 Å². The van der Waals surface area contributed by atoms with E-state index in [-0.39, 0.29) is 12.0 Å². The molecule has 2 aromatic carbocycles. The van der Waals surface area contributed by atoms with Crippen molar-refractivity contribution in [3.8, 4) is 5.75 Å². The normalized spacial score (nSPS) is 15.7. The molecule has 1 aromatic heterocycles. The molecule has 1 saturated heterocycles. The third kappa shape index (κ3) is 5.14. The Labute approximate surface area is 183 Å². The van der Waals surface area contributed by atoms with Crippen molar-refractivity contribution in [1.29, 1.82) is 0 Å². The van der Waals surface area contributed by atoms with Crippen molar-refractivity contribution in [3.63, 3.8) is 0 Å². The summed E-state index contributed by atoms with van der Waals surface area (Å²) in [5.41, 5.74) is 4.76. The van der Waals surface area contributed by atoms with Crippen molar-refractivity contribution < 1.29 is 14.3 Å². The van der Waals surface area contributed by atoms with Gasteiger partial charge < -0.3 is 14.8 Å². The van der Waals surface area contributed by atoms with Crippen LogP contribution in [-0.4, -0.2) is 35.0 Å². The number of amides is 1. The Bertz CT molecular complexity index is 1020. The monoisotopic (exact) mass is 419 g/mol. The van der Waals surface area contributed by atoms with Crippen LogP contribution in [0.1, 0.15) is 45.7 Å². The molecule has 0 aliphatic carbocycles. The van der Waals surface area contributed by atoms with Gasteiger partial charge in [0.05, 0.1) is 23.9 Å². The molecule has 6 heteroatoms. The third-order valence-corrected chi connectivity index (χ3v) is 5.71. The quantitative estimate of drug-likeness (QED) is 0.599. The maximum absolute atomic E-state index is 12.9. The van der Waals surface area contributed by atoms with E-state index in [9.17, 15) is 4.79 Å². The summed E-state index contributed by atoms with van der Waals surface area (Å²) in [5.74, 6) is 0.432. The van der Waals surface area contributed by atoms with Crippen LogP contribution < -0.4 is 10.1 Å². The number of para-hydroxylation sites is 1. The molecule has 1 N–H and O–H groups in total. The van der Waals surface area contributed by atoms with Gasteiger partial charge in [-0.15, -0.1) is 0 Å². The van der Waals surface area contributed by atoms with E-state index in [4.69, 9.17) is 9.47 Å². The number of carbonyl (C=O) groups is 1. The summed E-state index contributed by atoms with van der Waals surface area (Å²) in [6.45, 7) is 6.41. The van der Waals surface area contributed by atoms with Gasteiger partial charge in [-0.1, -0.05) is 42.5 Å².